The molecule has 4 rings (SSSR count). The van der Waals surface area contributed by atoms with E-state index in [2.05, 4.69) is 10.6 Å². The van der Waals surface area contributed by atoms with E-state index in [0.29, 0.717) is 5.56 Å². The summed E-state index contributed by atoms with van der Waals surface area (Å²) in [6.45, 7) is 1.34. The van der Waals surface area contributed by atoms with Crippen molar-refractivity contribution in [2.24, 2.45) is 0 Å². The van der Waals surface area contributed by atoms with Crippen molar-refractivity contribution in [3.8, 4) is 0 Å². The van der Waals surface area contributed by atoms with Crippen molar-refractivity contribution in [1.82, 2.24) is 15.5 Å². The van der Waals surface area contributed by atoms with Crippen LogP contribution in [-0.4, -0.2) is 47.0 Å². The van der Waals surface area contributed by atoms with Crippen LogP contribution in [0.3, 0.4) is 0 Å². The van der Waals surface area contributed by atoms with E-state index in [1.165, 1.54) is 68.8 Å². The lowest BCUT2D eigenvalue weighted by Gasteiger charge is -2.29. The Labute approximate surface area is 205 Å². The van der Waals surface area contributed by atoms with E-state index < -0.39 is 23.7 Å². The second-order valence-corrected chi connectivity index (χ2v) is 10.8. The Morgan fingerprint density at radius 2 is 1.76 bits per heavy atom. The molecule has 1 saturated carbocycles. The first-order chi connectivity index (χ1) is 16.5. The highest BCUT2D eigenvalue weighted by Crippen LogP contribution is 2.36. The second-order valence-electron chi connectivity index (χ2n) is 9.70. The fourth-order valence-corrected chi connectivity index (χ4v) is 6.37. The first-order valence-corrected chi connectivity index (χ1v) is 13.9. The highest BCUT2D eigenvalue weighted by Gasteiger charge is 2.41. The van der Waals surface area contributed by atoms with Gasteiger partial charge in [-0.25, -0.2) is 4.39 Å². The highest BCUT2D eigenvalue weighted by atomic mass is 32.2. The predicted molar refractivity (Wildman–Crippen MR) is 131 cm³/mol. The number of hydrogen-bond acceptors (Lipinski definition) is 5. The van der Waals surface area contributed by atoms with Gasteiger partial charge in [-0.1, -0.05) is 38.5 Å². The van der Waals surface area contributed by atoms with Gasteiger partial charge in [-0.3, -0.25) is 19.7 Å². The number of unbranched alkanes of at least 4 members (excludes halogenated alkanes) is 4. The van der Waals surface area contributed by atoms with Crippen molar-refractivity contribution in [1.29, 1.82) is 0 Å². The number of rotatable bonds is 11. The first-order valence-electron chi connectivity index (χ1n) is 12.9. The van der Waals surface area contributed by atoms with E-state index in [9.17, 15) is 18.8 Å². The summed E-state index contributed by atoms with van der Waals surface area (Å²) in [5.74, 6) is -0.869. The summed E-state index contributed by atoms with van der Waals surface area (Å²) >= 11 is 1.66. The van der Waals surface area contributed by atoms with Crippen molar-refractivity contribution >= 4 is 29.5 Å². The molecule has 186 valence electrons. The molecule has 3 aliphatic rings. The van der Waals surface area contributed by atoms with Crippen LogP contribution in [0.25, 0.3) is 0 Å². The van der Waals surface area contributed by atoms with Crippen LogP contribution in [0, 0.1) is 5.82 Å². The molecule has 0 spiro atoms. The third kappa shape index (κ3) is 6.19. The molecular weight excluding hydrogens is 453 g/mol. The zero-order chi connectivity index (χ0) is 23.9. The third-order valence-corrected chi connectivity index (χ3v) is 8.41. The van der Waals surface area contributed by atoms with Crippen LogP contribution in [0.1, 0.15) is 93.0 Å². The number of halogens is 1. The topological polar surface area (TPSA) is 78.5 Å². The minimum atomic E-state index is -0.720. The fraction of sp³-hybridized carbons (Fsp3) is 0.654. The minimum absolute atomic E-state index is 0.0835. The van der Waals surface area contributed by atoms with Crippen LogP contribution in [0.4, 0.5) is 4.39 Å². The Morgan fingerprint density at radius 1 is 1.00 bits per heavy atom. The molecular formula is C26H36FN3O3S. The van der Waals surface area contributed by atoms with E-state index in [-0.39, 0.29) is 30.9 Å². The molecule has 8 heteroatoms. The maximum atomic E-state index is 14.5. The van der Waals surface area contributed by atoms with Crippen LogP contribution in [-0.2, 0) is 16.1 Å². The first kappa shape index (κ1) is 25.2. The summed E-state index contributed by atoms with van der Waals surface area (Å²) in [5, 5.41) is 5.99. The van der Waals surface area contributed by atoms with Gasteiger partial charge in [0.2, 0.25) is 11.8 Å². The van der Waals surface area contributed by atoms with E-state index in [0.717, 1.165) is 29.7 Å². The number of amides is 3. The number of piperidine rings is 1. The molecule has 2 N–H and O–H groups in total. The molecule has 0 bridgehead atoms. The Balaban J connectivity index is 1.19. The van der Waals surface area contributed by atoms with Crippen molar-refractivity contribution in [2.45, 2.75) is 101 Å². The van der Waals surface area contributed by atoms with Gasteiger partial charge in [0.25, 0.3) is 5.91 Å². The minimum Gasteiger partial charge on any atom is -0.322 e. The molecule has 34 heavy (non-hydrogen) atoms. The summed E-state index contributed by atoms with van der Waals surface area (Å²) in [6, 6.07) is 3.12. The van der Waals surface area contributed by atoms with Crippen molar-refractivity contribution in [3.05, 3.63) is 29.1 Å². The maximum absolute atomic E-state index is 14.5. The molecule has 1 unspecified atom stereocenters. The van der Waals surface area contributed by atoms with Gasteiger partial charge in [-0.05, 0) is 56.5 Å². The number of fused-ring (bicyclic) bond motifs is 1. The molecule has 0 aromatic heterocycles. The predicted octanol–water partition coefficient (Wildman–Crippen LogP) is 4.55. The van der Waals surface area contributed by atoms with Gasteiger partial charge in [0.15, 0.2) is 0 Å². The summed E-state index contributed by atoms with van der Waals surface area (Å²) in [5.41, 5.74) is 0.758. The molecule has 2 heterocycles. The fourth-order valence-electron chi connectivity index (χ4n) is 5.29. The number of nitrogens with zero attached hydrogens (tertiary/aromatic N) is 1. The molecule has 2 fully saturated rings. The van der Waals surface area contributed by atoms with Crippen LogP contribution in [0.5, 0.6) is 0 Å². The lowest BCUT2D eigenvalue weighted by molar-refractivity contribution is -0.136. The monoisotopic (exact) mass is 489 g/mol. The van der Waals surface area contributed by atoms with Crippen molar-refractivity contribution in [2.75, 3.05) is 12.3 Å². The lowest BCUT2D eigenvalue weighted by Crippen LogP contribution is -2.52. The third-order valence-electron chi connectivity index (χ3n) is 7.23. The van der Waals surface area contributed by atoms with Gasteiger partial charge >= 0.3 is 0 Å². The molecule has 3 amide bonds. The number of carbonyl (C=O) groups is 3. The van der Waals surface area contributed by atoms with E-state index in [4.69, 9.17) is 0 Å². The normalized spacial score (nSPS) is 21.1. The zero-order valence-corrected chi connectivity index (χ0v) is 20.7. The smallest absolute Gasteiger partial charge is 0.258 e. The van der Waals surface area contributed by atoms with Gasteiger partial charge in [-0.15, -0.1) is 11.8 Å². The Bertz CT molecular complexity index is 904. The largest absolute Gasteiger partial charge is 0.322 e. The van der Waals surface area contributed by atoms with Gasteiger partial charge in [0.05, 0.1) is 5.56 Å². The number of carbonyl (C=O) groups excluding carboxylic acids is 3. The lowest BCUT2D eigenvalue weighted by atomic mass is 9.95. The van der Waals surface area contributed by atoms with Crippen LogP contribution in [0.2, 0.25) is 0 Å². The maximum Gasteiger partial charge on any atom is 0.258 e. The molecule has 6 nitrogen and oxygen atoms in total. The van der Waals surface area contributed by atoms with Gasteiger partial charge in [0, 0.05) is 29.5 Å². The molecule has 1 aromatic rings. The standard InChI is InChI=1S/C26H36FN3O3S/c27-20-11-13-22(34-16-8-3-1-2-7-15-28-18-9-5-4-6-10-18)19-17-30(26(33)24(19)20)21-12-14-23(31)29-25(21)32/h11,13,18,21,28H,1-10,12,14-17H2,(H,29,31,32). The van der Waals surface area contributed by atoms with Crippen LogP contribution in [0.15, 0.2) is 17.0 Å². The molecule has 1 saturated heterocycles. The summed E-state index contributed by atoms with van der Waals surface area (Å²) in [6.07, 6.45) is 13.2. The van der Waals surface area contributed by atoms with Crippen LogP contribution >= 0.6 is 11.8 Å². The summed E-state index contributed by atoms with van der Waals surface area (Å²) in [4.78, 5) is 38.9. The SMILES string of the molecule is O=C1CCC(N2Cc3c(SCCCCCCCNC4CCCCC4)ccc(F)c3C2=O)C(=O)N1. The molecule has 1 aliphatic carbocycles. The molecule has 2 aliphatic heterocycles. The van der Waals surface area contributed by atoms with E-state index in [1.807, 2.05) is 0 Å². The van der Waals surface area contributed by atoms with Gasteiger partial charge < -0.3 is 10.2 Å². The molecule has 1 aromatic carbocycles. The number of benzene rings is 1. The Morgan fingerprint density at radius 3 is 2.56 bits per heavy atom. The van der Waals surface area contributed by atoms with E-state index in [1.54, 1.807) is 17.8 Å². The highest BCUT2D eigenvalue weighted by molar-refractivity contribution is 7.99. The Kier molecular flexibility index (Phi) is 9.00. The number of nitrogens with one attached hydrogen (secondary N) is 2. The quantitative estimate of drug-likeness (QED) is 0.271. The van der Waals surface area contributed by atoms with Gasteiger partial charge in [0.1, 0.15) is 11.9 Å². The zero-order valence-electron chi connectivity index (χ0n) is 19.9. The van der Waals surface area contributed by atoms with Crippen molar-refractivity contribution in [3.63, 3.8) is 0 Å². The van der Waals surface area contributed by atoms with Gasteiger partial charge in [-0.2, -0.15) is 0 Å². The molecule has 1 atom stereocenters. The molecule has 0 radical (unpaired) electrons. The number of thioether (sulfide) groups is 1. The summed E-state index contributed by atoms with van der Waals surface area (Å²) < 4.78 is 14.5. The number of imide groups is 1. The average molecular weight is 490 g/mol. The second kappa shape index (κ2) is 12.2. The van der Waals surface area contributed by atoms with E-state index >= 15 is 0 Å². The summed E-state index contributed by atoms with van der Waals surface area (Å²) in [7, 11) is 0. The average Bonchev–Trinajstić information content (AvgIpc) is 3.18. The Hall–Kier alpha value is -1.93. The van der Waals surface area contributed by atoms with Crippen LogP contribution < -0.4 is 10.6 Å². The number of hydrogen-bond donors (Lipinski definition) is 2. The van der Waals surface area contributed by atoms with Crippen molar-refractivity contribution < 1.29 is 18.8 Å².